The highest BCUT2D eigenvalue weighted by Crippen LogP contribution is 2.23. The molecule has 0 atom stereocenters. The summed E-state index contributed by atoms with van der Waals surface area (Å²) < 4.78 is 18.9. The molecular formula is C17H14FNO. The van der Waals surface area contributed by atoms with Gasteiger partial charge >= 0.3 is 0 Å². The average molecular weight is 267 g/mol. The maximum absolute atomic E-state index is 13.7. The number of rotatable bonds is 3. The lowest BCUT2D eigenvalue weighted by Gasteiger charge is -2.06. The topological polar surface area (TPSA) is 33.0 Å². The zero-order valence-corrected chi connectivity index (χ0v) is 11.4. The van der Waals surface area contributed by atoms with Gasteiger partial charge in [-0.15, -0.1) is 0 Å². The molecule has 0 bridgehead atoms. The number of ether oxygens (including phenoxy) is 1. The molecule has 0 aliphatic rings. The van der Waals surface area contributed by atoms with E-state index in [4.69, 9.17) is 4.74 Å². The van der Waals surface area contributed by atoms with E-state index in [9.17, 15) is 9.65 Å². The van der Waals surface area contributed by atoms with Gasteiger partial charge in [0, 0.05) is 5.56 Å². The first-order chi connectivity index (χ1) is 9.65. The standard InChI is InChI=1S/C17H14FNO/c1-12-9-13(7-8-17(12)20-2)10-14(11-19)15-5-3-4-6-16(15)18/h3-10H,1-2H3/b14-10-. The second-order valence-corrected chi connectivity index (χ2v) is 4.38. The molecule has 0 aliphatic carbocycles. The van der Waals surface area contributed by atoms with Crippen LogP contribution in [0.15, 0.2) is 42.5 Å². The van der Waals surface area contributed by atoms with Crippen LogP contribution < -0.4 is 4.74 Å². The van der Waals surface area contributed by atoms with Gasteiger partial charge in [-0.05, 0) is 42.3 Å². The first-order valence-corrected chi connectivity index (χ1v) is 6.17. The van der Waals surface area contributed by atoms with Crippen LogP contribution in [0.3, 0.4) is 0 Å². The summed E-state index contributed by atoms with van der Waals surface area (Å²) in [6.07, 6.45) is 1.67. The molecule has 2 aromatic rings. The van der Waals surface area contributed by atoms with Crippen LogP contribution in [0, 0.1) is 24.1 Å². The number of hydrogen-bond donors (Lipinski definition) is 0. The van der Waals surface area contributed by atoms with Crippen LogP contribution in [0.2, 0.25) is 0 Å². The first kappa shape index (κ1) is 13.8. The summed E-state index contributed by atoms with van der Waals surface area (Å²) >= 11 is 0. The van der Waals surface area contributed by atoms with Gasteiger partial charge in [0.2, 0.25) is 0 Å². The molecule has 0 amide bonds. The van der Waals surface area contributed by atoms with Crippen LogP contribution >= 0.6 is 0 Å². The van der Waals surface area contributed by atoms with Crippen molar-refractivity contribution < 1.29 is 9.13 Å². The van der Waals surface area contributed by atoms with Gasteiger partial charge in [-0.25, -0.2) is 4.39 Å². The maximum Gasteiger partial charge on any atom is 0.131 e. The van der Waals surface area contributed by atoms with E-state index in [0.29, 0.717) is 11.1 Å². The van der Waals surface area contributed by atoms with E-state index in [0.717, 1.165) is 16.9 Å². The Morgan fingerprint density at radius 1 is 1.25 bits per heavy atom. The number of benzene rings is 2. The number of methoxy groups -OCH3 is 1. The smallest absolute Gasteiger partial charge is 0.131 e. The van der Waals surface area contributed by atoms with E-state index in [1.165, 1.54) is 6.07 Å². The quantitative estimate of drug-likeness (QED) is 0.616. The molecule has 0 radical (unpaired) electrons. The Kier molecular flexibility index (Phi) is 4.17. The molecular weight excluding hydrogens is 253 g/mol. The molecule has 0 spiro atoms. The van der Waals surface area contributed by atoms with Crippen LogP contribution in [0.4, 0.5) is 4.39 Å². The molecule has 2 nitrogen and oxygen atoms in total. The Morgan fingerprint density at radius 2 is 2.00 bits per heavy atom. The molecule has 0 saturated carbocycles. The summed E-state index contributed by atoms with van der Waals surface area (Å²) in [5.41, 5.74) is 2.41. The summed E-state index contributed by atoms with van der Waals surface area (Å²) in [5, 5.41) is 9.23. The molecule has 100 valence electrons. The lowest BCUT2D eigenvalue weighted by molar-refractivity contribution is 0.411. The van der Waals surface area contributed by atoms with Crippen molar-refractivity contribution in [1.29, 1.82) is 5.26 Å². The molecule has 0 heterocycles. The largest absolute Gasteiger partial charge is 0.496 e. The van der Waals surface area contributed by atoms with Crippen molar-refractivity contribution in [1.82, 2.24) is 0 Å². The molecule has 0 N–H and O–H groups in total. The van der Waals surface area contributed by atoms with E-state index < -0.39 is 5.82 Å². The average Bonchev–Trinajstić information content (AvgIpc) is 2.46. The van der Waals surface area contributed by atoms with Crippen LogP contribution in [0.1, 0.15) is 16.7 Å². The minimum absolute atomic E-state index is 0.299. The maximum atomic E-state index is 13.7. The van der Waals surface area contributed by atoms with Crippen LogP contribution in [-0.2, 0) is 0 Å². The third kappa shape index (κ3) is 2.86. The van der Waals surface area contributed by atoms with E-state index in [1.54, 1.807) is 31.4 Å². The summed E-state index contributed by atoms with van der Waals surface area (Å²) in [4.78, 5) is 0. The Bertz CT molecular complexity index is 698. The Morgan fingerprint density at radius 3 is 2.60 bits per heavy atom. The van der Waals surface area contributed by atoms with Gasteiger partial charge in [0.05, 0.1) is 18.8 Å². The van der Waals surface area contributed by atoms with Gasteiger partial charge in [-0.2, -0.15) is 5.26 Å². The molecule has 0 aromatic heterocycles. The predicted octanol–water partition coefficient (Wildman–Crippen LogP) is 4.21. The minimum Gasteiger partial charge on any atom is -0.496 e. The van der Waals surface area contributed by atoms with Crippen molar-refractivity contribution in [2.45, 2.75) is 6.92 Å². The number of nitrogens with zero attached hydrogens (tertiary/aromatic N) is 1. The number of nitriles is 1. The minimum atomic E-state index is -0.398. The Hall–Kier alpha value is -2.60. The van der Waals surface area contributed by atoms with Gasteiger partial charge in [0.15, 0.2) is 0 Å². The monoisotopic (exact) mass is 267 g/mol. The summed E-state index contributed by atoms with van der Waals surface area (Å²) in [7, 11) is 1.61. The highest BCUT2D eigenvalue weighted by Gasteiger charge is 2.07. The van der Waals surface area contributed by atoms with Crippen molar-refractivity contribution in [2.75, 3.05) is 7.11 Å². The third-order valence-electron chi connectivity index (χ3n) is 3.01. The van der Waals surface area contributed by atoms with Crippen molar-refractivity contribution in [2.24, 2.45) is 0 Å². The fraction of sp³-hybridized carbons (Fsp3) is 0.118. The first-order valence-electron chi connectivity index (χ1n) is 6.17. The molecule has 0 fully saturated rings. The fourth-order valence-corrected chi connectivity index (χ4v) is 2.01. The Labute approximate surface area is 117 Å². The van der Waals surface area contributed by atoms with Gasteiger partial charge in [-0.3, -0.25) is 0 Å². The highest BCUT2D eigenvalue weighted by atomic mass is 19.1. The summed E-state index contributed by atoms with van der Waals surface area (Å²) in [6.45, 7) is 1.92. The molecule has 0 aliphatic heterocycles. The normalized spacial score (nSPS) is 11.0. The second kappa shape index (κ2) is 6.03. The molecule has 2 aromatic carbocycles. The SMILES string of the molecule is COc1ccc(/C=C(/C#N)c2ccccc2F)cc1C. The van der Waals surface area contributed by atoms with Crippen molar-refractivity contribution in [3.8, 4) is 11.8 Å². The second-order valence-electron chi connectivity index (χ2n) is 4.38. The van der Waals surface area contributed by atoms with Gasteiger partial charge in [0.25, 0.3) is 0 Å². The van der Waals surface area contributed by atoms with E-state index in [2.05, 4.69) is 0 Å². The van der Waals surface area contributed by atoms with E-state index in [1.807, 2.05) is 31.2 Å². The van der Waals surface area contributed by atoms with Gasteiger partial charge in [-0.1, -0.05) is 24.3 Å². The van der Waals surface area contributed by atoms with Crippen LogP contribution in [0.25, 0.3) is 11.6 Å². The molecule has 0 unspecified atom stereocenters. The predicted molar refractivity (Wildman–Crippen MR) is 77.6 cm³/mol. The summed E-state index contributed by atoms with van der Waals surface area (Å²) in [6, 6.07) is 13.9. The zero-order valence-electron chi connectivity index (χ0n) is 11.4. The molecule has 20 heavy (non-hydrogen) atoms. The zero-order chi connectivity index (χ0) is 14.5. The summed E-state index contributed by atoms with van der Waals surface area (Å²) in [5.74, 6) is 0.386. The third-order valence-corrected chi connectivity index (χ3v) is 3.01. The van der Waals surface area contributed by atoms with Crippen molar-refractivity contribution in [3.63, 3.8) is 0 Å². The van der Waals surface area contributed by atoms with Crippen LogP contribution in [-0.4, -0.2) is 7.11 Å². The van der Waals surface area contributed by atoms with Gasteiger partial charge < -0.3 is 4.74 Å². The lowest BCUT2D eigenvalue weighted by atomic mass is 10.0. The van der Waals surface area contributed by atoms with Gasteiger partial charge in [0.1, 0.15) is 11.6 Å². The molecule has 3 heteroatoms. The molecule has 0 saturated heterocycles. The molecule has 2 rings (SSSR count). The van der Waals surface area contributed by atoms with Crippen molar-refractivity contribution in [3.05, 3.63) is 65.0 Å². The number of allylic oxidation sites excluding steroid dienone is 1. The highest BCUT2D eigenvalue weighted by molar-refractivity contribution is 5.89. The fourth-order valence-electron chi connectivity index (χ4n) is 2.01. The Balaban J connectivity index is 2.45. The number of hydrogen-bond acceptors (Lipinski definition) is 2. The lowest BCUT2D eigenvalue weighted by Crippen LogP contribution is -1.89. The van der Waals surface area contributed by atoms with E-state index >= 15 is 0 Å². The van der Waals surface area contributed by atoms with Crippen LogP contribution in [0.5, 0.6) is 5.75 Å². The number of aryl methyl sites for hydroxylation is 1. The number of halogens is 1. The van der Waals surface area contributed by atoms with Crippen molar-refractivity contribution >= 4 is 11.6 Å². The van der Waals surface area contributed by atoms with E-state index in [-0.39, 0.29) is 0 Å².